The van der Waals surface area contributed by atoms with Crippen LogP contribution in [0.25, 0.3) is 11.0 Å². The Labute approximate surface area is 123 Å². The third-order valence-electron chi connectivity index (χ3n) is 2.97. The summed E-state index contributed by atoms with van der Waals surface area (Å²) in [7, 11) is 0. The third-order valence-corrected chi connectivity index (χ3v) is 3.84. The van der Waals surface area contributed by atoms with Crippen molar-refractivity contribution in [3.8, 4) is 5.75 Å². The summed E-state index contributed by atoms with van der Waals surface area (Å²) >= 11 is 1.45. The van der Waals surface area contributed by atoms with E-state index >= 15 is 0 Å². The average molecular weight is 301 g/mol. The van der Waals surface area contributed by atoms with Gasteiger partial charge in [0.15, 0.2) is 11.4 Å². The van der Waals surface area contributed by atoms with E-state index in [1.165, 1.54) is 11.3 Å². The first-order valence-electron chi connectivity index (χ1n) is 6.22. The van der Waals surface area contributed by atoms with E-state index < -0.39 is 5.63 Å². The van der Waals surface area contributed by atoms with Crippen molar-refractivity contribution in [2.24, 2.45) is 0 Å². The minimum Gasteiger partial charge on any atom is -0.505 e. The zero-order valence-electron chi connectivity index (χ0n) is 10.8. The molecule has 3 aromatic rings. The van der Waals surface area contributed by atoms with Gasteiger partial charge in [0.05, 0.1) is 11.8 Å². The number of fused-ring (bicyclic) bond motifs is 1. The predicted octanol–water partition coefficient (Wildman–Crippen LogP) is 2.74. The maximum atomic E-state index is 11.9. The fourth-order valence-corrected chi connectivity index (χ4v) is 2.70. The number of rotatable bonds is 3. The van der Waals surface area contributed by atoms with Gasteiger partial charge in [-0.25, -0.2) is 4.79 Å². The molecule has 0 spiro atoms. The molecule has 5 nitrogen and oxygen atoms in total. The topological polar surface area (TPSA) is 79.5 Å². The van der Waals surface area contributed by atoms with E-state index in [9.17, 15) is 14.7 Å². The molecule has 6 heteroatoms. The van der Waals surface area contributed by atoms with Crippen LogP contribution in [0, 0.1) is 0 Å². The van der Waals surface area contributed by atoms with Crippen LogP contribution in [0.3, 0.4) is 0 Å². The lowest BCUT2D eigenvalue weighted by Gasteiger charge is -2.07. The Kier molecular flexibility index (Phi) is 3.45. The van der Waals surface area contributed by atoms with E-state index in [-0.39, 0.29) is 29.3 Å². The van der Waals surface area contributed by atoms with Crippen molar-refractivity contribution >= 4 is 33.9 Å². The summed E-state index contributed by atoms with van der Waals surface area (Å²) in [5.41, 5.74) is -0.725. The summed E-state index contributed by atoms with van der Waals surface area (Å²) in [6, 6.07) is 10.3. The number of hydrogen-bond donors (Lipinski definition) is 2. The molecule has 0 fully saturated rings. The first kappa shape index (κ1) is 13.4. The Morgan fingerprint density at radius 2 is 2.05 bits per heavy atom. The molecule has 0 unspecified atom stereocenters. The normalized spacial score (nSPS) is 10.7. The summed E-state index contributed by atoms with van der Waals surface area (Å²) in [6.45, 7) is 0. The van der Waals surface area contributed by atoms with Gasteiger partial charge in [-0.15, -0.1) is 11.3 Å². The average Bonchev–Trinajstić information content (AvgIpc) is 2.96. The van der Waals surface area contributed by atoms with E-state index in [2.05, 4.69) is 5.32 Å². The van der Waals surface area contributed by atoms with Gasteiger partial charge in [-0.3, -0.25) is 4.79 Å². The molecule has 21 heavy (non-hydrogen) atoms. The molecule has 2 heterocycles. The number of carbonyl (C=O) groups excluding carboxylic acids is 1. The molecule has 0 atom stereocenters. The highest BCUT2D eigenvalue weighted by Gasteiger charge is 2.16. The summed E-state index contributed by atoms with van der Waals surface area (Å²) in [5, 5.41) is 14.8. The van der Waals surface area contributed by atoms with Gasteiger partial charge in [-0.2, -0.15) is 0 Å². The molecule has 0 saturated carbocycles. The Hall–Kier alpha value is -2.60. The highest BCUT2D eigenvalue weighted by molar-refractivity contribution is 7.10. The van der Waals surface area contributed by atoms with Crippen molar-refractivity contribution in [2.75, 3.05) is 5.32 Å². The van der Waals surface area contributed by atoms with Crippen LogP contribution in [0.5, 0.6) is 5.75 Å². The quantitative estimate of drug-likeness (QED) is 0.729. The summed E-state index contributed by atoms with van der Waals surface area (Å²) in [4.78, 5) is 24.6. The largest absolute Gasteiger partial charge is 0.505 e. The van der Waals surface area contributed by atoms with Crippen LogP contribution in [0.1, 0.15) is 4.88 Å². The molecule has 0 aliphatic rings. The van der Waals surface area contributed by atoms with Crippen LogP contribution in [-0.4, -0.2) is 11.0 Å². The van der Waals surface area contributed by atoms with E-state index in [0.717, 1.165) is 4.88 Å². The molecule has 1 amide bonds. The Balaban J connectivity index is 1.93. The highest BCUT2D eigenvalue weighted by atomic mass is 32.1. The molecule has 1 aromatic carbocycles. The van der Waals surface area contributed by atoms with Gasteiger partial charge >= 0.3 is 5.63 Å². The molecule has 2 aromatic heterocycles. The van der Waals surface area contributed by atoms with Crippen molar-refractivity contribution in [3.05, 3.63) is 57.1 Å². The molecule has 0 aliphatic carbocycles. The van der Waals surface area contributed by atoms with Crippen molar-refractivity contribution in [1.82, 2.24) is 0 Å². The molecule has 0 aliphatic heterocycles. The minimum atomic E-state index is -0.772. The second kappa shape index (κ2) is 5.41. The van der Waals surface area contributed by atoms with Gasteiger partial charge in [0.25, 0.3) is 0 Å². The minimum absolute atomic E-state index is 0.142. The van der Waals surface area contributed by atoms with E-state index in [0.29, 0.717) is 5.39 Å². The number of thiophene rings is 1. The van der Waals surface area contributed by atoms with Gasteiger partial charge in [0, 0.05) is 4.88 Å². The fraction of sp³-hybridized carbons (Fsp3) is 0.0667. The zero-order chi connectivity index (χ0) is 14.8. The molecular weight excluding hydrogens is 290 g/mol. The van der Waals surface area contributed by atoms with Gasteiger partial charge in [-0.1, -0.05) is 18.2 Å². The number of aromatic hydroxyl groups is 1. The number of anilines is 1. The first-order chi connectivity index (χ1) is 10.1. The molecule has 2 N–H and O–H groups in total. The van der Waals surface area contributed by atoms with Crippen molar-refractivity contribution in [2.45, 2.75) is 6.42 Å². The second-order valence-electron chi connectivity index (χ2n) is 4.41. The maximum absolute atomic E-state index is 11.9. The molecule has 0 radical (unpaired) electrons. The van der Waals surface area contributed by atoms with Gasteiger partial charge in [-0.05, 0) is 23.6 Å². The fourth-order valence-electron chi connectivity index (χ4n) is 2.00. The van der Waals surface area contributed by atoms with Crippen LogP contribution in [-0.2, 0) is 11.2 Å². The zero-order valence-corrected chi connectivity index (χ0v) is 11.6. The van der Waals surface area contributed by atoms with E-state index in [4.69, 9.17) is 4.42 Å². The summed E-state index contributed by atoms with van der Waals surface area (Å²) in [6.07, 6.45) is 0.142. The number of nitrogens with one attached hydrogen (secondary N) is 1. The third kappa shape index (κ3) is 2.66. The highest BCUT2D eigenvalue weighted by Crippen LogP contribution is 2.29. The van der Waals surface area contributed by atoms with Gasteiger partial charge in [0.2, 0.25) is 5.91 Å². The van der Waals surface area contributed by atoms with E-state index in [1.54, 1.807) is 24.3 Å². The van der Waals surface area contributed by atoms with E-state index in [1.807, 2.05) is 17.5 Å². The SMILES string of the molecule is O=C(Cc1cccs1)Nc1c(O)c2ccccc2oc1=O. The smallest absolute Gasteiger partial charge is 0.364 e. The maximum Gasteiger partial charge on any atom is 0.364 e. The van der Waals surface area contributed by atoms with Crippen molar-refractivity contribution < 1.29 is 14.3 Å². The standard InChI is InChI=1S/C15H11NO4S/c17-12(8-9-4-3-7-21-9)16-13-14(18)10-5-1-2-6-11(10)20-15(13)19/h1-7,18H,8H2,(H,16,17). The molecule has 0 saturated heterocycles. The Morgan fingerprint density at radius 1 is 1.24 bits per heavy atom. The lowest BCUT2D eigenvalue weighted by Crippen LogP contribution is -2.19. The molecule has 0 bridgehead atoms. The number of hydrogen-bond acceptors (Lipinski definition) is 5. The van der Waals surface area contributed by atoms with Gasteiger partial charge in [0.1, 0.15) is 5.58 Å². The van der Waals surface area contributed by atoms with Crippen LogP contribution >= 0.6 is 11.3 Å². The Morgan fingerprint density at radius 3 is 2.81 bits per heavy atom. The molecule has 3 rings (SSSR count). The van der Waals surface area contributed by atoms with Crippen LogP contribution in [0.15, 0.2) is 51.0 Å². The molecule has 106 valence electrons. The van der Waals surface area contributed by atoms with Crippen LogP contribution in [0.2, 0.25) is 0 Å². The Bertz CT molecular complexity index is 852. The van der Waals surface area contributed by atoms with Crippen molar-refractivity contribution in [1.29, 1.82) is 0 Å². The number of para-hydroxylation sites is 1. The van der Waals surface area contributed by atoms with Crippen LogP contribution < -0.4 is 10.9 Å². The second-order valence-corrected chi connectivity index (χ2v) is 5.45. The summed E-state index contributed by atoms with van der Waals surface area (Å²) < 4.78 is 5.08. The van der Waals surface area contributed by atoms with Gasteiger partial charge < -0.3 is 14.8 Å². The van der Waals surface area contributed by atoms with Crippen LogP contribution in [0.4, 0.5) is 5.69 Å². The van der Waals surface area contributed by atoms with Crippen molar-refractivity contribution in [3.63, 3.8) is 0 Å². The lowest BCUT2D eigenvalue weighted by atomic mass is 10.2. The summed E-state index contributed by atoms with van der Waals surface area (Å²) in [5.74, 6) is -0.656. The monoisotopic (exact) mass is 301 g/mol. The number of carbonyl (C=O) groups is 1. The lowest BCUT2D eigenvalue weighted by molar-refractivity contribution is -0.115. The number of benzene rings is 1. The molecular formula is C15H11NO4S. The first-order valence-corrected chi connectivity index (χ1v) is 7.10. The predicted molar refractivity (Wildman–Crippen MR) is 80.8 cm³/mol. The number of amides is 1.